The SMILES string of the molecule is Cc1nnc([NH-])o1. The third-order valence-electron chi connectivity index (χ3n) is 0.526. The minimum atomic E-state index is -0.127. The number of aromatic nitrogens is 2. The lowest BCUT2D eigenvalue weighted by atomic mass is 10.8. The van der Waals surface area contributed by atoms with E-state index in [2.05, 4.69) is 14.6 Å². The Bertz CT molecular complexity index is 142. The van der Waals surface area contributed by atoms with Gasteiger partial charge in [-0.2, -0.15) is 0 Å². The van der Waals surface area contributed by atoms with Gasteiger partial charge in [0, 0.05) is 6.92 Å². The fourth-order valence-corrected chi connectivity index (χ4v) is 0.297. The van der Waals surface area contributed by atoms with Crippen LogP contribution in [-0.2, 0) is 0 Å². The van der Waals surface area contributed by atoms with Crippen LogP contribution in [0, 0.1) is 6.92 Å². The van der Waals surface area contributed by atoms with Gasteiger partial charge in [-0.05, 0) is 0 Å². The van der Waals surface area contributed by atoms with Crippen molar-refractivity contribution in [2.45, 2.75) is 6.92 Å². The standard InChI is InChI=1S/C3H4N3O/c1-2-5-6-3(4)7-2/h1H3,(H-,4,6)/q-1. The lowest BCUT2D eigenvalue weighted by molar-refractivity contribution is 0.542. The van der Waals surface area contributed by atoms with E-state index < -0.39 is 0 Å². The van der Waals surface area contributed by atoms with Gasteiger partial charge in [0.25, 0.3) is 0 Å². The molecule has 7 heavy (non-hydrogen) atoms. The number of aryl methyl sites for hydroxylation is 1. The summed E-state index contributed by atoms with van der Waals surface area (Å²) < 4.78 is 4.53. The first-order chi connectivity index (χ1) is 3.29. The Morgan fingerprint density at radius 1 is 1.57 bits per heavy atom. The van der Waals surface area contributed by atoms with Gasteiger partial charge in [0.05, 0.1) is 0 Å². The van der Waals surface area contributed by atoms with Crippen molar-refractivity contribution in [2.24, 2.45) is 0 Å². The van der Waals surface area contributed by atoms with Gasteiger partial charge in [-0.25, -0.2) is 5.10 Å². The summed E-state index contributed by atoms with van der Waals surface area (Å²) in [5.74, 6) is 0.435. The van der Waals surface area contributed by atoms with E-state index in [1.54, 1.807) is 6.92 Å². The molecule has 0 bridgehead atoms. The number of nitrogens with one attached hydrogen (secondary N) is 1. The Hall–Kier alpha value is -1.06. The largest absolute Gasteiger partial charge is 0.450 e. The number of rotatable bonds is 0. The molecule has 1 aromatic heterocycles. The molecule has 0 radical (unpaired) electrons. The molecule has 0 saturated carbocycles. The molecule has 1 rings (SSSR count). The second kappa shape index (κ2) is 1.22. The Kier molecular flexibility index (Phi) is 0.714. The molecule has 0 spiro atoms. The summed E-state index contributed by atoms with van der Waals surface area (Å²) in [4.78, 5) is 0. The quantitative estimate of drug-likeness (QED) is 0.487. The molecule has 1 aromatic rings. The maximum absolute atomic E-state index is 6.68. The normalized spacial score (nSPS) is 9.29. The monoisotopic (exact) mass is 98.0 g/mol. The third kappa shape index (κ3) is 0.677. The number of hydrogen-bond donors (Lipinski definition) is 0. The second-order valence-corrected chi connectivity index (χ2v) is 1.13. The van der Waals surface area contributed by atoms with Gasteiger partial charge in [0.2, 0.25) is 0 Å². The maximum Gasteiger partial charge on any atom is 0.189 e. The number of hydrogen-bond acceptors (Lipinski definition) is 3. The van der Waals surface area contributed by atoms with Crippen LogP contribution in [0.5, 0.6) is 0 Å². The highest BCUT2D eigenvalue weighted by atomic mass is 16.4. The van der Waals surface area contributed by atoms with Crippen molar-refractivity contribution in [3.63, 3.8) is 0 Å². The Labute approximate surface area is 40.3 Å². The molecular weight excluding hydrogens is 94.1 g/mol. The highest BCUT2D eigenvalue weighted by Gasteiger charge is 1.80. The maximum atomic E-state index is 6.68. The van der Waals surface area contributed by atoms with Crippen molar-refractivity contribution >= 4 is 6.01 Å². The van der Waals surface area contributed by atoms with Gasteiger partial charge in [-0.15, -0.1) is 0 Å². The van der Waals surface area contributed by atoms with E-state index in [1.807, 2.05) is 0 Å². The van der Waals surface area contributed by atoms with Crippen LogP contribution in [0.3, 0.4) is 0 Å². The molecule has 4 nitrogen and oxygen atoms in total. The van der Waals surface area contributed by atoms with E-state index in [9.17, 15) is 0 Å². The summed E-state index contributed by atoms with van der Waals surface area (Å²) in [7, 11) is 0. The van der Waals surface area contributed by atoms with Crippen molar-refractivity contribution < 1.29 is 4.42 Å². The molecule has 0 atom stereocenters. The van der Waals surface area contributed by atoms with Gasteiger partial charge in [0.1, 0.15) is 6.01 Å². The highest BCUT2D eigenvalue weighted by molar-refractivity contribution is 5.12. The molecule has 38 valence electrons. The van der Waals surface area contributed by atoms with E-state index in [0.29, 0.717) is 5.89 Å². The first kappa shape index (κ1) is 4.11. The van der Waals surface area contributed by atoms with Gasteiger partial charge in [-0.3, -0.25) is 0 Å². The summed E-state index contributed by atoms with van der Waals surface area (Å²) >= 11 is 0. The van der Waals surface area contributed by atoms with Gasteiger partial charge < -0.3 is 15.2 Å². The first-order valence-electron chi connectivity index (χ1n) is 1.81. The lowest BCUT2D eigenvalue weighted by Gasteiger charge is -1.81. The van der Waals surface area contributed by atoms with E-state index in [0.717, 1.165) is 0 Å². The van der Waals surface area contributed by atoms with Gasteiger partial charge >= 0.3 is 0 Å². The molecule has 0 unspecified atom stereocenters. The molecular formula is C3H4N3O-. The molecule has 0 amide bonds. The van der Waals surface area contributed by atoms with E-state index in [-0.39, 0.29) is 6.01 Å². The molecule has 0 fully saturated rings. The van der Waals surface area contributed by atoms with Crippen LogP contribution in [0.15, 0.2) is 4.42 Å². The zero-order valence-corrected chi connectivity index (χ0v) is 3.80. The summed E-state index contributed by atoms with van der Waals surface area (Å²) in [6.45, 7) is 1.64. The predicted octanol–water partition coefficient (Wildman–Crippen LogP) is 1.06. The van der Waals surface area contributed by atoms with E-state index in [4.69, 9.17) is 5.73 Å². The Morgan fingerprint density at radius 2 is 2.29 bits per heavy atom. The van der Waals surface area contributed by atoms with Crippen molar-refractivity contribution in [3.8, 4) is 0 Å². The zero-order chi connectivity index (χ0) is 5.28. The second-order valence-electron chi connectivity index (χ2n) is 1.13. The molecule has 0 aliphatic carbocycles. The average molecular weight is 98.1 g/mol. The Morgan fingerprint density at radius 3 is 2.43 bits per heavy atom. The zero-order valence-electron chi connectivity index (χ0n) is 3.80. The van der Waals surface area contributed by atoms with Crippen LogP contribution in [0.1, 0.15) is 5.89 Å². The average Bonchev–Trinajstić information content (AvgIpc) is 1.87. The van der Waals surface area contributed by atoms with Crippen molar-refractivity contribution in [2.75, 3.05) is 0 Å². The van der Waals surface area contributed by atoms with Crippen molar-refractivity contribution in [1.82, 2.24) is 10.2 Å². The predicted molar refractivity (Wildman–Crippen MR) is 23.0 cm³/mol. The number of nitrogens with zero attached hydrogens (tertiary/aromatic N) is 2. The van der Waals surface area contributed by atoms with E-state index in [1.165, 1.54) is 0 Å². The topological polar surface area (TPSA) is 62.7 Å². The minimum absolute atomic E-state index is 0.127. The third-order valence-corrected chi connectivity index (χ3v) is 0.526. The summed E-state index contributed by atoms with van der Waals surface area (Å²) in [6.07, 6.45) is 0. The van der Waals surface area contributed by atoms with Gasteiger partial charge in [0.15, 0.2) is 5.89 Å². The smallest absolute Gasteiger partial charge is 0.189 e. The van der Waals surface area contributed by atoms with Crippen LogP contribution in [0.2, 0.25) is 0 Å². The van der Waals surface area contributed by atoms with Crippen LogP contribution < -0.4 is 0 Å². The fourth-order valence-electron chi connectivity index (χ4n) is 0.297. The Balaban J connectivity index is 3.04. The lowest BCUT2D eigenvalue weighted by Crippen LogP contribution is -1.65. The fraction of sp³-hybridized carbons (Fsp3) is 0.333. The summed E-state index contributed by atoms with van der Waals surface area (Å²) in [5, 5.41) is 6.68. The van der Waals surface area contributed by atoms with E-state index >= 15 is 0 Å². The minimum Gasteiger partial charge on any atom is -0.450 e. The summed E-state index contributed by atoms with van der Waals surface area (Å²) in [5.41, 5.74) is 6.68. The van der Waals surface area contributed by atoms with Crippen LogP contribution in [-0.4, -0.2) is 10.2 Å². The molecule has 4 heteroatoms. The molecule has 1 heterocycles. The van der Waals surface area contributed by atoms with Crippen molar-refractivity contribution in [3.05, 3.63) is 11.6 Å². The molecule has 1 N–H and O–H groups in total. The van der Waals surface area contributed by atoms with Crippen LogP contribution >= 0.6 is 0 Å². The summed E-state index contributed by atoms with van der Waals surface area (Å²) in [6, 6.07) is -0.127. The van der Waals surface area contributed by atoms with Crippen LogP contribution in [0.4, 0.5) is 6.01 Å². The molecule has 0 aliphatic rings. The van der Waals surface area contributed by atoms with Crippen molar-refractivity contribution in [1.29, 1.82) is 0 Å². The molecule has 0 aliphatic heterocycles. The molecule has 0 saturated heterocycles. The highest BCUT2D eigenvalue weighted by Crippen LogP contribution is 2.03. The van der Waals surface area contributed by atoms with Gasteiger partial charge in [-0.1, -0.05) is 0 Å². The first-order valence-corrected chi connectivity index (χ1v) is 1.81. The molecule has 0 aromatic carbocycles. The van der Waals surface area contributed by atoms with Crippen LogP contribution in [0.25, 0.3) is 5.73 Å².